The fourth-order valence-corrected chi connectivity index (χ4v) is 1.89. The Morgan fingerprint density at radius 2 is 2.20 bits per heavy atom. The number of imidazole rings is 1. The average Bonchev–Trinajstić information content (AvgIpc) is 2.42. The summed E-state index contributed by atoms with van der Waals surface area (Å²) in [5.41, 5.74) is 2.15. The van der Waals surface area contributed by atoms with Gasteiger partial charge in [-0.1, -0.05) is 0 Å². The Balaban J connectivity index is 2.84. The van der Waals surface area contributed by atoms with E-state index in [1.807, 2.05) is 11.6 Å². The minimum Gasteiger partial charge on any atom is -0.477 e. The molecule has 0 saturated heterocycles. The Kier molecular flexibility index (Phi) is 2.22. The fraction of sp³-hybridized carbons (Fsp3) is 0.222. The number of carboxylic acid groups (broad SMARTS) is 1. The molecule has 2 rings (SSSR count). The Bertz CT molecular complexity index is 562. The molecule has 5 nitrogen and oxygen atoms in total. The highest BCUT2D eigenvalue weighted by atomic mass is 79.9. The number of hydrogen-bond acceptors (Lipinski definition) is 3. The molecule has 15 heavy (non-hydrogen) atoms. The van der Waals surface area contributed by atoms with Crippen molar-refractivity contribution in [1.29, 1.82) is 0 Å². The molecule has 0 fully saturated rings. The highest BCUT2D eigenvalue weighted by Gasteiger charge is 2.13. The molecule has 2 aromatic rings. The number of halogens is 1. The summed E-state index contributed by atoms with van der Waals surface area (Å²) in [5.74, 6) is -1.04. The van der Waals surface area contributed by atoms with Gasteiger partial charge in [0.1, 0.15) is 0 Å². The van der Waals surface area contributed by atoms with Crippen LogP contribution in [0.2, 0.25) is 0 Å². The summed E-state index contributed by atoms with van der Waals surface area (Å²) in [5, 5.41) is 8.84. The lowest BCUT2D eigenvalue weighted by atomic mass is 10.2. The number of rotatable bonds is 1. The number of aryl methyl sites for hydroxylation is 2. The van der Waals surface area contributed by atoms with Crippen LogP contribution in [0.25, 0.3) is 11.0 Å². The van der Waals surface area contributed by atoms with Crippen LogP contribution in [0.3, 0.4) is 0 Å². The van der Waals surface area contributed by atoms with Crippen molar-refractivity contribution in [3.8, 4) is 0 Å². The summed E-state index contributed by atoms with van der Waals surface area (Å²) >= 11 is 3.28. The maximum absolute atomic E-state index is 10.8. The van der Waals surface area contributed by atoms with Gasteiger partial charge < -0.3 is 9.67 Å². The molecule has 0 unspecified atom stereocenters. The van der Waals surface area contributed by atoms with E-state index in [0.29, 0.717) is 15.9 Å². The molecular weight excluding hydrogens is 262 g/mol. The third-order valence-corrected chi connectivity index (χ3v) is 2.90. The molecular formula is C9H8BrN3O2. The molecule has 6 heteroatoms. The van der Waals surface area contributed by atoms with E-state index >= 15 is 0 Å². The summed E-state index contributed by atoms with van der Waals surface area (Å²) in [4.78, 5) is 19.0. The van der Waals surface area contributed by atoms with Crippen molar-refractivity contribution < 1.29 is 9.90 Å². The number of carboxylic acids is 1. The van der Waals surface area contributed by atoms with Gasteiger partial charge in [-0.25, -0.2) is 14.8 Å². The number of pyridine rings is 1. The van der Waals surface area contributed by atoms with E-state index in [0.717, 1.165) is 5.52 Å². The fourth-order valence-electron chi connectivity index (χ4n) is 1.53. The standard InChI is InChI=1S/C9H8BrN3O2/c1-4-7-5(12-9(10)13(7)2)3-6(11-4)8(14)15/h3H,1-2H3,(H,14,15). The molecule has 78 valence electrons. The zero-order valence-electron chi connectivity index (χ0n) is 8.15. The quantitative estimate of drug-likeness (QED) is 0.856. The van der Waals surface area contributed by atoms with Crippen molar-refractivity contribution in [2.45, 2.75) is 6.92 Å². The molecule has 0 aliphatic heterocycles. The molecule has 0 aliphatic rings. The first kappa shape index (κ1) is 10.1. The minimum atomic E-state index is -1.04. The second-order valence-electron chi connectivity index (χ2n) is 3.21. The van der Waals surface area contributed by atoms with E-state index in [4.69, 9.17) is 5.11 Å². The van der Waals surface area contributed by atoms with Crippen LogP contribution in [0.5, 0.6) is 0 Å². The minimum absolute atomic E-state index is 0.0191. The van der Waals surface area contributed by atoms with Gasteiger partial charge in [0.05, 0.1) is 16.7 Å². The lowest BCUT2D eigenvalue weighted by Gasteiger charge is -2.00. The van der Waals surface area contributed by atoms with E-state index in [1.54, 1.807) is 6.92 Å². The number of carbonyl (C=O) groups is 1. The summed E-state index contributed by atoms with van der Waals surface area (Å²) in [7, 11) is 1.84. The maximum atomic E-state index is 10.8. The van der Waals surface area contributed by atoms with E-state index in [9.17, 15) is 4.79 Å². The van der Waals surface area contributed by atoms with E-state index in [2.05, 4.69) is 25.9 Å². The van der Waals surface area contributed by atoms with Gasteiger partial charge in [-0.05, 0) is 28.9 Å². The second kappa shape index (κ2) is 3.30. The van der Waals surface area contributed by atoms with Gasteiger partial charge in [-0.15, -0.1) is 0 Å². The largest absolute Gasteiger partial charge is 0.477 e. The number of fused-ring (bicyclic) bond motifs is 1. The zero-order chi connectivity index (χ0) is 11.2. The van der Waals surface area contributed by atoms with Crippen LogP contribution in [-0.4, -0.2) is 25.6 Å². The van der Waals surface area contributed by atoms with E-state index in [-0.39, 0.29) is 5.69 Å². The Morgan fingerprint density at radius 1 is 1.53 bits per heavy atom. The average molecular weight is 270 g/mol. The van der Waals surface area contributed by atoms with Gasteiger partial charge in [0, 0.05) is 7.05 Å². The second-order valence-corrected chi connectivity index (χ2v) is 3.91. The lowest BCUT2D eigenvalue weighted by molar-refractivity contribution is 0.0690. The van der Waals surface area contributed by atoms with Gasteiger partial charge in [-0.3, -0.25) is 0 Å². The van der Waals surface area contributed by atoms with E-state index < -0.39 is 5.97 Å². The van der Waals surface area contributed by atoms with Crippen LogP contribution in [-0.2, 0) is 7.05 Å². The van der Waals surface area contributed by atoms with Gasteiger partial charge in [0.25, 0.3) is 0 Å². The van der Waals surface area contributed by atoms with Crippen LogP contribution >= 0.6 is 15.9 Å². The predicted molar refractivity (Wildman–Crippen MR) is 57.9 cm³/mol. The van der Waals surface area contributed by atoms with Gasteiger partial charge in [0.2, 0.25) is 0 Å². The molecule has 0 amide bonds. The van der Waals surface area contributed by atoms with E-state index in [1.165, 1.54) is 6.07 Å². The SMILES string of the molecule is Cc1nc(C(=O)O)cc2nc(Br)n(C)c12. The van der Waals surface area contributed by atoms with Crippen molar-refractivity contribution in [3.05, 3.63) is 22.2 Å². The first-order valence-corrected chi connectivity index (χ1v) is 5.03. The number of aromatic nitrogens is 3. The normalized spacial score (nSPS) is 10.9. The molecule has 0 aliphatic carbocycles. The van der Waals surface area contributed by atoms with Crippen LogP contribution in [0.1, 0.15) is 16.2 Å². The Labute approximate surface area is 93.9 Å². The third kappa shape index (κ3) is 1.50. The van der Waals surface area contributed by atoms with Crippen molar-refractivity contribution in [3.63, 3.8) is 0 Å². The molecule has 0 atom stereocenters. The molecule has 1 N–H and O–H groups in total. The smallest absolute Gasteiger partial charge is 0.354 e. The van der Waals surface area contributed by atoms with Crippen molar-refractivity contribution in [2.24, 2.45) is 7.05 Å². The molecule has 0 saturated carbocycles. The molecule has 0 radical (unpaired) electrons. The highest BCUT2D eigenvalue weighted by Crippen LogP contribution is 2.21. The molecule has 0 aromatic carbocycles. The Hall–Kier alpha value is -1.43. The van der Waals surface area contributed by atoms with Crippen molar-refractivity contribution in [2.75, 3.05) is 0 Å². The van der Waals surface area contributed by atoms with Crippen LogP contribution in [0.4, 0.5) is 0 Å². The summed E-state index contributed by atoms with van der Waals surface area (Å²) < 4.78 is 2.48. The maximum Gasteiger partial charge on any atom is 0.354 e. The first-order chi connectivity index (χ1) is 7.00. The Morgan fingerprint density at radius 3 is 2.80 bits per heavy atom. The predicted octanol–water partition coefficient (Wildman–Crippen LogP) is 1.74. The third-order valence-electron chi connectivity index (χ3n) is 2.19. The molecule has 2 heterocycles. The van der Waals surface area contributed by atoms with Gasteiger partial charge in [-0.2, -0.15) is 0 Å². The van der Waals surface area contributed by atoms with Crippen molar-refractivity contribution >= 4 is 32.9 Å². The number of aromatic carboxylic acids is 1. The topological polar surface area (TPSA) is 68.0 Å². The summed E-state index contributed by atoms with van der Waals surface area (Å²) in [6.45, 7) is 1.77. The number of hydrogen-bond donors (Lipinski definition) is 1. The van der Waals surface area contributed by atoms with Crippen LogP contribution in [0, 0.1) is 6.92 Å². The monoisotopic (exact) mass is 269 g/mol. The molecule has 0 bridgehead atoms. The van der Waals surface area contributed by atoms with Gasteiger partial charge >= 0.3 is 5.97 Å². The first-order valence-electron chi connectivity index (χ1n) is 4.23. The lowest BCUT2D eigenvalue weighted by Crippen LogP contribution is -2.02. The van der Waals surface area contributed by atoms with Gasteiger partial charge in [0.15, 0.2) is 10.4 Å². The van der Waals surface area contributed by atoms with Crippen LogP contribution < -0.4 is 0 Å². The molecule has 0 spiro atoms. The summed E-state index contributed by atoms with van der Waals surface area (Å²) in [6, 6.07) is 1.47. The number of nitrogens with zero attached hydrogens (tertiary/aromatic N) is 3. The zero-order valence-corrected chi connectivity index (χ0v) is 9.74. The van der Waals surface area contributed by atoms with Crippen LogP contribution in [0.15, 0.2) is 10.8 Å². The molecule has 2 aromatic heterocycles. The summed E-state index contributed by atoms with van der Waals surface area (Å²) in [6.07, 6.45) is 0. The van der Waals surface area contributed by atoms with Crippen molar-refractivity contribution in [1.82, 2.24) is 14.5 Å². The highest BCUT2D eigenvalue weighted by molar-refractivity contribution is 9.10.